The van der Waals surface area contributed by atoms with Gasteiger partial charge in [0.25, 0.3) is 0 Å². The van der Waals surface area contributed by atoms with E-state index in [-0.39, 0.29) is 0 Å². The van der Waals surface area contributed by atoms with Crippen molar-refractivity contribution < 1.29 is 0 Å². The van der Waals surface area contributed by atoms with Gasteiger partial charge in [-0.25, -0.2) is 0 Å². The molecule has 1 aliphatic carbocycles. The Balaban J connectivity index is 1.52. The van der Waals surface area contributed by atoms with Crippen molar-refractivity contribution in [3.05, 3.63) is 36.0 Å². The summed E-state index contributed by atoms with van der Waals surface area (Å²) in [6, 6.07) is 9.24. The number of rotatable bonds is 5. The van der Waals surface area contributed by atoms with Gasteiger partial charge in [-0.1, -0.05) is 37.5 Å². The molecule has 1 aromatic heterocycles. The van der Waals surface area contributed by atoms with Gasteiger partial charge in [-0.2, -0.15) is 0 Å². The Hall–Kier alpha value is -1.28. The topological polar surface area (TPSA) is 27.8 Å². The van der Waals surface area contributed by atoms with Gasteiger partial charge in [0, 0.05) is 23.1 Å². The minimum atomic E-state index is 0.667. The Labute approximate surface area is 122 Å². The third-order valence-corrected chi connectivity index (χ3v) is 4.89. The van der Waals surface area contributed by atoms with Crippen LogP contribution in [0.4, 0.5) is 0 Å². The zero-order valence-corrected chi connectivity index (χ0v) is 12.5. The molecule has 0 saturated heterocycles. The number of aromatic nitrogens is 1. The smallest absolute Gasteiger partial charge is 0.0456 e. The lowest BCUT2D eigenvalue weighted by Crippen LogP contribution is -2.35. The molecular formula is C18H26N2. The van der Waals surface area contributed by atoms with Crippen LogP contribution >= 0.6 is 0 Å². The fraction of sp³-hybridized carbons (Fsp3) is 0.556. The molecule has 1 aliphatic rings. The summed E-state index contributed by atoms with van der Waals surface area (Å²) in [6.45, 7) is 3.45. The summed E-state index contributed by atoms with van der Waals surface area (Å²) in [4.78, 5) is 3.36. The molecule has 108 valence electrons. The van der Waals surface area contributed by atoms with E-state index in [4.69, 9.17) is 0 Å². The molecule has 1 fully saturated rings. The molecule has 0 radical (unpaired) electrons. The maximum atomic E-state index is 3.74. The van der Waals surface area contributed by atoms with E-state index < -0.39 is 0 Å². The van der Waals surface area contributed by atoms with Crippen LogP contribution < -0.4 is 5.32 Å². The molecule has 1 aromatic carbocycles. The fourth-order valence-electron chi connectivity index (χ4n) is 3.57. The standard InChI is InChI=1S/C18H26N2/c1-14(15-7-3-2-4-8-15)19-12-11-16-13-20-18-10-6-5-9-17(16)18/h5-6,9-10,13-15,19-20H,2-4,7-8,11-12H2,1H3. The van der Waals surface area contributed by atoms with E-state index in [0.29, 0.717) is 6.04 Å². The van der Waals surface area contributed by atoms with Gasteiger partial charge in [0.15, 0.2) is 0 Å². The highest BCUT2D eigenvalue weighted by atomic mass is 14.9. The average Bonchev–Trinajstić information content (AvgIpc) is 2.92. The molecule has 0 bridgehead atoms. The number of benzene rings is 1. The Bertz CT molecular complexity index is 537. The van der Waals surface area contributed by atoms with E-state index in [1.165, 1.54) is 48.6 Å². The minimum absolute atomic E-state index is 0.667. The molecule has 1 heterocycles. The first-order chi connectivity index (χ1) is 9.84. The molecule has 20 heavy (non-hydrogen) atoms. The van der Waals surface area contributed by atoms with E-state index in [9.17, 15) is 0 Å². The Morgan fingerprint density at radius 2 is 2.00 bits per heavy atom. The summed E-state index contributed by atoms with van der Waals surface area (Å²) in [5.74, 6) is 0.895. The summed E-state index contributed by atoms with van der Waals surface area (Å²) in [5.41, 5.74) is 2.69. The van der Waals surface area contributed by atoms with Crippen LogP contribution in [-0.4, -0.2) is 17.6 Å². The highest BCUT2D eigenvalue weighted by molar-refractivity contribution is 5.83. The summed E-state index contributed by atoms with van der Waals surface area (Å²) >= 11 is 0. The molecule has 1 atom stereocenters. The highest BCUT2D eigenvalue weighted by Gasteiger charge is 2.19. The summed E-state index contributed by atoms with van der Waals surface area (Å²) in [6.07, 6.45) is 10.4. The fourth-order valence-corrected chi connectivity index (χ4v) is 3.57. The van der Waals surface area contributed by atoms with Crippen LogP contribution in [0.25, 0.3) is 10.9 Å². The van der Waals surface area contributed by atoms with Crippen LogP contribution in [0.1, 0.15) is 44.6 Å². The molecule has 2 heteroatoms. The van der Waals surface area contributed by atoms with Gasteiger partial charge >= 0.3 is 0 Å². The second-order valence-corrected chi connectivity index (χ2v) is 6.25. The quantitative estimate of drug-likeness (QED) is 0.834. The van der Waals surface area contributed by atoms with Crippen LogP contribution in [0.2, 0.25) is 0 Å². The lowest BCUT2D eigenvalue weighted by atomic mass is 9.84. The third-order valence-electron chi connectivity index (χ3n) is 4.89. The van der Waals surface area contributed by atoms with Crippen LogP contribution in [-0.2, 0) is 6.42 Å². The predicted octanol–water partition coefficient (Wildman–Crippen LogP) is 4.27. The van der Waals surface area contributed by atoms with Crippen molar-refractivity contribution in [3.63, 3.8) is 0 Å². The van der Waals surface area contributed by atoms with Crippen molar-refractivity contribution in [2.75, 3.05) is 6.54 Å². The number of hydrogen-bond donors (Lipinski definition) is 2. The Morgan fingerprint density at radius 1 is 1.20 bits per heavy atom. The second kappa shape index (κ2) is 6.45. The van der Waals surface area contributed by atoms with Gasteiger partial charge in [0.05, 0.1) is 0 Å². The normalized spacial score (nSPS) is 18.4. The van der Waals surface area contributed by atoms with Crippen molar-refractivity contribution >= 4 is 10.9 Å². The average molecular weight is 270 g/mol. The number of hydrogen-bond acceptors (Lipinski definition) is 1. The maximum absolute atomic E-state index is 3.74. The first-order valence-corrected chi connectivity index (χ1v) is 8.13. The van der Waals surface area contributed by atoms with Gasteiger partial charge in [-0.05, 0) is 50.3 Å². The molecule has 2 nitrogen and oxygen atoms in total. The van der Waals surface area contributed by atoms with Crippen LogP contribution in [0.3, 0.4) is 0 Å². The lowest BCUT2D eigenvalue weighted by molar-refractivity contribution is 0.283. The zero-order valence-electron chi connectivity index (χ0n) is 12.5. The molecule has 0 amide bonds. The summed E-state index contributed by atoms with van der Waals surface area (Å²) in [5, 5.41) is 5.12. The number of fused-ring (bicyclic) bond motifs is 1. The number of aromatic amines is 1. The van der Waals surface area contributed by atoms with E-state index in [1.807, 2.05) is 0 Å². The first kappa shape index (κ1) is 13.7. The molecule has 2 aromatic rings. The second-order valence-electron chi connectivity index (χ2n) is 6.25. The van der Waals surface area contributed by atoms with Crippen molar-refractivity contribution in [1.82, 2.24) is 10.3 Å². The zero-order chi connectivity index (χ0) is 13.8. The van der Waals surface area contributed by atoms with Crippen molar-refractivity contribution in [2.45, 2.75) is 51.5 Å². The van der Waals surface area contributed by atoms with Crippen molar-refractivity contribution in [1.29, 1.82) is 0 Å². The molecule has 1 unspecified atom stereocenters. The van der Waals surface area contributed by atoms with Gasteiger partial charge in [0.2, 0.25) is 0 Å². The number of H-pyrrole nitrogens is 1. The van der Waals surface area contributed by atoms with Gasteiger partial charge < -0.3 is 10.3 Å². The first-order valence-electron chi connectivity index (χ1n) is 8.13. The van der Waals surface area contributed by atoms with Crippen molar-refractivity contribution in [2.24, 2.45) is 5.92 Å². The van der Waals surface area contributed by atoms with Gasteiger partial charge in [-0.15, -0.1) is 0 Å². The maximum Gasteiger partial charge on any atom is 0.0456 e. The SMILES string of the molecule is CC(NCCc1c[nH]c2ccccc12)C1CCCCC1. The van der Waals surface area contributed by atoms with E-state index >= 15 is 0 Å². The van der Waals surface area contributed by atoms with Crippen LogP contribution in [0.5, 0.6) is 0 Å². The molecule has 0 aliphatic heterocycles. The number of para-hydroxylation sites is 1. The molecule has 3 rings (SSSR count). The summed E-state index contributed by atoms with van der Waals surface area (Å²) in [7, 11) is 0. The Morgan fingerprint density at radius 3 is 2.85 bits per heavy atom. The molecular weight excluding hydrogens is 244 g/mol. The van der Waals surface area contributed by atoms with E-state index in [0.717, 1.165) is 18.9 Å². The van der Waals surface area contributed by atoms with Crippen LogP contribution in [0, 0.1) is 5.92 Å². The summed E-state index contributed by atoms with van der Waals surface area (Å²) < 4.78 is 0. The number of nitrogens with one attached hydrogen (secondary N) is 2. The minimum Gasteiger partial charge on any atom is -0.361 e. The molecule has 1 saturated carbocycles. The van der Waals surface area contributed by atoms with Gasteiger partial charge in [-0.3, -0.25) is 0 Å². The lowest BCUT2D eigenvalue weighted by Gasteiger charge is -2.28. The largest absolute Gasteiger partial charge is 0.361 e. The van der Waals surface area contributed by atoms with Gasteiger partial charge in [0.1, 0.15) is 0 Å². The van der Waals surface area contributed by atoms with Crippen LogP contribution in [0.15, 0.2) is 30.5 Å². The molecule has 0 spiro atoms. The van der Waals surface area contributed by atoms with E-state index in [1.54, 1.807) is 0 Å². The van der Waals surface area contributed by atoms with Crippen molar-refractivity contribution in [3.8, 4) is 0 Å². The third kappa shape index (κ3) is 3.06. The highest BCUT2D eigenvalue weighted by Crippen LogP contribution is 2.26. The Kier molecular flexibility index (Phi) is 4.41. The predicted molar refractivity (Wildman–Crippen MR) is 86.0 cm³/mol. The monoisotopic (exact) mass is 270 g/mol. The van der Waals surface area contributed by atoms with E-state index in [2.05, 4.69) is 47.7 Å². The molecule has 2 N–H and O–H groups in total.